The van der Waals surface area contributed by atoms with Gasteiger partial charge in [-0.15, -0.1) is 0 Å². The Kier molecular flexibility index (Phi) is 5.16. The Balaban J connectivity index is 1.73. The molecule has 1 aromatic heterocycles. The number of benzene rings is 1. The summed E-state index contributed by atoms with van der Waals surface area (Å²) in [5, 5.41) is 7.17. The van der Waals surface area contributed by atoms with Gasteiger partial charge in [-0.25, -0.2) is 0 Å². The van der Waals surface area contributed by atoms with Gasteiger partial charge < -0.3 is 5.32 Å². The molecule has 21 heavy (non-hydrogen) atoms. The molecule has 0 atom stereocenters. The van der Waals surface area contributed by atoms with Crippen LogP contribution in [0.4, 0.5) is 0 Å². The number of nitrogens with one attached hydrogen (secondary N) is 1. The van der Waals surface area contributed by atoms with E-state index in [9.17, 15) is 4.79 Å². The van der Waals surface area contributed by atoms with Gasteiger partial charge in [-0.2, -0.15) is 5.10 Å². The lowest BCUT2D eigenvalue weighted by molar-refractivity contribution is -0.115. The van der Waals surface area contributed by atoms with Gasteiger partial charge in [0, 0.05) is 30.3 Å². The number of hydrogen-bond donors (Lipinski definition) is 1. The average Bonchev–Trinajstić information content (AvgIpc) is 2.80. The summed E-state index contributed by atoms with van der Waals surface area (Å²) in [6.07, 6.45) is 0.834. The Labute approximate surface area is 125 Å². The molecule has 1 aromatic carbocycles. The largest absolute Gasteiger partial charge is 0.345 e. The van der Waals surface area contributed by atoms with Crippen molar-refractivity contribution in [1.29, 1.82) is 0 Å². The summed E-state index contributed by atoms with van der Waals surface area (Å²) in [6, 6.07) is 11.5. The van der Waals surface area contributed by atoms with Gasteiger partial charge in [0.25, 0.3) is 5.91 Å². The molecule has 0 saturated carbocycles. The van der Waals surface area contributed by atoms with Crippen molar-refractivity contribution in [2.75, 3.05) is 6.54 Å². The van der Waals surface area contributed by atoms with E-state index in [0.29, 0.717) is 6.54 Å². The molecule has 0 unspecified atom stereocenters. The maximum absolute atomic E-state index is 11.6. The summed E-state index contributed by atoms with van der Waals surface area (Å²) in [5.74, 6) is 5.18. The minimum atomic E-state index is -0.243. The van der Waals surface area contributed by atoms with Gasteiger partial charge in [0.2, 0.25) is 0 Å². The number of nitrogens with zero attached hydrogens (tertiary/aromatic N) is 2. The first-order valence-electron chi connectivity index (χ1n) is 7.01. The number of carbonyl (C=O) groups excluding carboxylic acids is 1. The second-order valence-electron chi connectivity index (χ2n) is 4.88. The number of carbonyl (C=O) groups is 1. The molecule has 108 valence electrons. The molecule has 2 rings (SSSR count). The van der Waals surface area contributed by atoms with Gasteiger partial charge >= 0.3 is 0 Å². The van der Waals surface area contributed by atoms with Crippen molar-refractivity contribution in [3.8, 4) is 11.8 Å². The summed E-state index contributed by atoms with van der Waals surface area (Å²) in [4.78, 5) is 11.6. The molecule has 1 amide bonds. The van der Waals surface area contributed by atoms with Crippen molar-refractivity contribution >= 4 is 5.91 Å². The van der Waals surface area contributed by atoms with Crippen LogP contribution in [0.15, 0.2) is 36.4 Å². The molecule has 0 aliphatic carbocycles. The van der Waals surface area contributed by atoms with Crippen LogP contribution in [-0.2, 0) is 11.3 Å². The number of aryl methyl sites for hydroxylation is 3. The van der Waals surface area contributed by atoms with Gasteiger partial charge in [-0.05, 0) is 38.5 Å². The van der Waals surface area contributed by atoms with Gasteiger partial charge in [0.05, 0.1) is 5.69 Å². The Hall–Kier alpha value is -2.54. The van der Waals surface area contributed by atoms with E-state index in [0.717, 1.165) is 29.9 Å². The summed E-state index contributed by atoms with van der Waals surface area (Å²) >= 11 is 0. The summed E-state index contributed by atoms with van der Waals surface area (Å²) < 4.78 is 1.96. The first kappa shape index (κ1) is 14.9. The maximum Gasteiger partial charge on any atom is 0.296 e. The van der Waals surface area contributed by atoms with Crippen LogP contribution in [0.25, 0.3) is 0 Å². The fraction of sp³-hybridized carbons (Fsp3) is 0.294. The Bertz CT molecular complexity index is 662. The monoisotopic (exact) mass is 281 g/mol. The molecule has 0 aliphatic rings. The highest BCUT2D eigenvalue weighted by atomic mass is 16.1. The fourth-order valence-electron chi connectivity index (χ4n) is 2.03. The molecule has 0 spiro atoms. The highest BCUT2D eigenvalue weighted by molar-refractivity contribution is 5.94. The van der Waals surface area contributed by atoms with Crippen LogP contribution >= 0.6 is 0 Å². The lowest BCUT2D eigenvalue weighted by Gasteiger charge is -2.04. The molecule has 0 radical (unpaired) electrons. The molecule has 2 aromatic rings. The Morgan fingerprint density at radius 2 is 2.05 bits per heavy atom. The van der Waals surface area contributed by atoms with Crippen molar-refractivity contribution in [3.05, 3.63) is 53.3 Å². The Morgan fingerprint density at radius 1 is 1.29 bits per heavy atom. The molecule has 0 saturated heterocycles. The Morgan fingerprint density at radius 3 is 2.71 bits per heavy atom. The second kappa shape index (κ2) is 7.30. The van der Waals surface area contributed by atoms with Crippen molar-refractivity contribution in [1.82, 2.24) is 15.1 Å². The van der Waals surface area contributed by atoms with Crippen LogP contribution in [0.3, 0.4) is 0 Å². The predicted molar refractivity (Wildman–Crippen MR) is 82.6 cm³/mol. The van der Waals surface area contributed by atoms with Crippen molar-refractivity contribution in [3.63, 3.8) is 0 Å². The van der Waals surface area contributed by atoms with Gasteiger partial charge in [-0.1, -0.05) is 24.1 Å². The van der Waals surface area contributed by atoms with E-state index >= 15 is 0 Å². The van der Waals surface area contributed by atoms with Gasteiger partial charge in [0.1, 0.15) is 0 Å². The molecule has 1 N–H and O–H groups in total. The normalized spacial score (nSPS) is 9.81. The summed E-state index contributed by atoms with van der Waals surface area (Å²) in [7, 11) is 0. The molecule has 4 heteroatoms. The highest BCUT2D eigenvalue weighted by Crippen LogP contribution is 2.02. The molecular formula is C17H19N3O. The van der Waals surface area contributed by atoms with Crippen LogP contribution in [0, 0.1) is 25.7 Å². The van der Waals surface area contributed by atoms with Crippen molar-refractivity contribution in [2.24, 2.45) is 0 Å². The van der Waals surface area contributed by atoms with E-state index < -0.39 is 0 Å². The van der Waals surface area contributed by atoms with Crippen molar-refractivity contribution < 1.29 is 4.79 Å². The van der Waals surface area contributed by atoms with Crippen LogP contribution in [0.5, 0.6) is 0 Å². The van der Waals surface area contributed by atoms with E-state index in [4.69, 9.17) is 0 Å². The molecule has 0 fully saturated rings. The average molecular weight is 281 g/mol. The smallest absolute Gasteiger partial charge is 0.296 e. The second-order valence-corrected chi connectivity index (χ2v) is 4.88. The quantitative estimate of drug-likeness (QED) is 0.689. The van der Waals surface area contributed by atoms with Gasteiger partial charge in [0.15, 0.2) is 0 Å². The van der Waals surface area contributed by atoms with E-state index in [1.165, 1.54) is 0 Å². The summed E-state index contributed by atoms with van der Waals surface area (Å²) in [6.45, 7) is 5.40. The fourth-order valence-corrected chi connectivity index (χ4v) is 2.03. The zero-order chi connectivity index (χ0) is 15.1. The lowest BCUT2D eigenvalue weighted by Crippen LogP contribution is -2.23. The van der Waals surface area contributed by atoms with E-state index in [1.54, 1.807) is 0 Å². The highest BCUT2D eigenvalue weighted by Gasteiger charge is 2.00. The standard InChI is InChI=1S/C17H19N3O/c1-14-13-15(2)20(19-14)12-6-11-18-17(21)10-9-16-7-4-3-5-8-16/h3-5,7-8,13H,6,11-12H2,1-2H3,(H,18,21). The van der Waals surface area contributed by atoms with Crippen LogP contribution in [0.2, 0.25) is 0 Å². The molecule has 0 aliphatic heterocycles. The molecule has 0 bridgehead atoms. The van der Waals surface area contributed by atoms with Crippen LogP contribution in [-0.4, -0.2) is 22.2 Å². The third kappa shape index (κ3) is 4.81. The zero-order valence-electron chi connectivity index (χ0n) is 12.4. The van der Waals surface area contributed by atoms with E-state index in [-0.39, 0.29) is 5.91 Å². The van der Waals surface area contributed by atoms with Crippen LogP contribution < -0.4 is 5.32 Å². The number of rotatable bonds is 4. The van der Waals surface area contributed by atoms with Gasteiger partial charge in [-0.3, -0.25) is 9.48 Å². The minimum Gasteiger partial charge on any atom is -0.345 e. The first-order valence-corrected chi connectivity index (χ1v) is 7.01. The molecule has 4 nitrogen and oxygen atoms in total. The first-order chi connectivity index (χ1) is 10.1. The lowest BCUT2D eigenvalue weighted by atomic mass is 10.2. The number of amides is 1. The third-order valence-corrected chi connectivity index (χ3v) is 3.03. The minimum absolute atomic E-state index is 0.243. The van der Waals surface area contributed by atoms with E-state index in [2.05, 4.69) is 22.3 Å². The third-order valence-electron chi connectivity index (χ3n) is 3.03. The molecule has 1 heterocycles. The zero-order valence-corrected chi connectivity index (χ0v) is 12.4. The predicted octanol–water partition coefficient (Wildman–Crippen LogP) is 2.06. The number of hydrogen-bond acceptors (Lipinski definition) is 2. The molecular weight excluding hydrogens is 262 g/mol. The van der Waals surface area contributed by atoms with Crippen LogP contribution in [0.1, 0.15) is 23.4 Å². The summed E-state index contributed by atoms with van der Waals surface area (Å²) in [5.41, 5.74) is 3.00. The SMILES string of the molecule is Cc1cc(C)n(CCCNC(=O)C#Cc2ccccc2)n1. The number of aromatic nitrogens is 2. The van der Waals surface area contributed by atoms with Crippen molar-refractivity contribution in [2.45, 2.75) is 26.8 Å². The maximum atomic E-state index is 11.6. The topological polar surface area (TPSA) is 46.9 Å². The van der Waals surface area contributed by atoms with E-state index in [1.807, 2.05) is 54.9 Å².